The second-order valence-corrected chi connectivity index (χ2v) is 8.98. The van der Waals surface area contributed by atoms with Gasteiger partial charge in [0.15, 0.2) is 11.5 Å². The van der Waals surface area contributed by atoms with Crippen LogP contribution in [0.15, 0.2) is 36.4 Å². The Hall–Kier alpha value is -3.27. The molecule has 2 aliphatic heterocycles. The molecule has 36 heavy (non-hydrogen) atoms. The molecule has 0 N–H and O–H groups in total. The van der Waals surface area contributed by atoms with Gasteiger partial charge in [0, 0.05) is 26.2 Å². The van der Waals surface area contributed by atoms with Crippen LogP contribution in [0.5, 0.6) is 11.5 Å². The molecule has 1 atom stereocenters. The Kier molecular flexibility index (Phi) is 7.44. The van der Waals surface area contributed by atoms with Gasteiger partial charge in [-0.25, -0.2) is 0 Å². The van der Waals surface area contributed by atoms with Crippen LogP contribution in [0.2, 0.25) is 0 Å². The average Bonchev–Trinajstić information content (AvgIpc) is 3.11. The van der Waals surface area contributed by atoms with Crippen molar-refractivity contribution in [3.8, 4) is 11.5 Å². The predicted molar refractivity (Wildman–Crippen MR) is 129 cm³/mol. The van der Waals surface area contributed by atoms with Crippen LogP contribution in [0.25, 0.3) is 0 Å². The Labute approximate surface area is 208 Å². The van der Waals surface area contributed by atoms with E-state index in [-0.39, 0.29) is 19.0 Å². The highest BCUT2D eigenvalue weighted by molar-refractivity contribution is 6.24. The lowest BCUT2D eigenvalue weighted by Crippen LogP contribution is -2.49. The molecule has 1 saturated heterocycles. The number of alkyl halides is 3. The fourth-order valence-corrected chi connectivity index (χ4v) is 5.01. The van der Waals surface area contributed by atoms with Crippen molar-refractivity contribution in [3.63, 3.8) is 0 Å². The lowest BCUT2D eigenvalue weighted by atomic mass is 10.00. The maximum atomic E-state index is 13.8. The van der Waals surface area contributed by atoms with E-state index in [0.29, 0.717) is 47.8 Å². The molecule has 1 fully saturated rings. The first-order valence-electron chi connectivity index (χ1n) is 11.9. The number of ether oxygens (including phenoxy) is 2. The Morgan fingerprint density at radius 3 is 2.25 bits per heavy atom. The molecule has 0 radical (unpaired) electrons. The number of carbonyl (C=O) groups excluding carboxylic acids is 2. The van der Waals surface area contributed by atoms with Crippen LogP contribution in [0, 0.1) is 0 Å². The number of anilines is 1. The summed E-state index contributed by atoms with van der Waals surface area (Å²) in [5.41, 5.74) is 1.97. The number of hydrogen-bond acceptors (Lipinski definition) is 6. The zero-order chi connectivity index (χ0) is 26.0. The average molecular weight is 506 g/mol. The molecule has 0 aliphatic carbocycles. The molecule has 4 rings (SSSR count). The predicted octanol–water partition coefficient (Wildman–Crippen LogP) is 4.53. The van der Waals surface area contributed by atoms with Crippen molar-refractivity contribution in [3.05, 3.63) is 53.1 Å². The van der Waals surface area contributed by atoms with Crippen molar-refractivity contribution in [1.29, 1.82) is 0 Å². The quantitative estimate of drug-likeness (QED) is 0.492. The van der Waals surface area contributed by atoms with Gasteiger partial charge in [-0.05, 0) is 36.2 Å². The van der Waals surface area contributed by atoms with Crippen molar-refractivity contribution in [2.75, 3.05) is 51.8 Å². The first-order valence-corrected chi connectivity index (χ1v) is 11.9. The number of halogens is 3. The third kappa shape index (κ3) is 5.00. The van der Waals surface area contributed by atoms with Crippen molar-refractivity contribution in [1.82, 2.24) is 9.80 Å². The van der Waals surface area contributed by atoms with Crippen LogP contribution >= 0.6 is 0 Å². The minimum atomic E-state index is -4.25. The molecule has 7 nitrogen and oxygen atoms in total. The molecule has 194 valence electrons. The van der Waals surface area contributed by atoms with E-state index in [0.717, 1.165) is 12.0 Å². The number of rotatable bonds is 8. The fourth-order valence-electron chi connectivity index (χ4n) is 5.01. The molecule has 10 heteroatoms. The zero-order valence-corrected chi connectivity index (χ0v) is 20.6. The number of imide groups is 1. The molecule has 0 saturated carbocycles. The molecule has 0 aromatic heterocycles. The number of fused-ring (bicyclic) bond motifs is 1. The largest absolute Gasteiger partial charge is 0.493 e. The zero-order valence-electron chi connectivity index (χ0n) is 20.6. The number of carbonyl (C=O) groups is 2. The molecule has 2 aromatic rings. The highest BCUT2D eigenvalue weighted by Gasteiger charge is 2.43. The number of nitrogens with zero attached hydrogens (tertiary/aromatic N) is 3. The second-order valence-electron chi connectivity index (χ2n) is 8.98. The fraction of sp³-hybridized carbons (Fsp3) is 0.462. The molecule has 0 bridgehead atoms. The van der Waals surface area contributed by atoms with Gasteiger partial charge in [0.05, 0.1) is 43.6 Å². The van der Waals surface area contributed by atoms with Crippen LogP contribution in [0.1, 0.15) is 52.1 Å². The number of methoxy groups -OCH3 is 2. The van der Waals surface area contributed by atoms with Gasteiger partial charge in [-0.1, -0.05) is 25.5 Å². The van der Waals surface area contributed by atoms with Gasteiger partial charge in [-0.3, -0.25) is 19.4 Å². The van der Waals surface area contributed by atoms with Gasteiger partial charge in [0.1, 0.15) is 0 Å². The minimum Gasteiger partial charge on any atom is -0.493 e. The Morgan fingerprint density at radius 1 is 0.944 bits per heavy atom. The number of hydrogen-bond donors (Lipinski definition) is 0. The van der Waals surface area contributed by atoms with Crippen molar-refractivity contribution < 1.29 is 32.2 Å². The standard InChI is InChI=1S/C26H30F3N3O4/c1-4-6-19(17-9-10-21(35-2)22(15-17)36-3)32-24(33)18-7-5-8-20(23(18)25(32)34)31-13-11-30(12-14-31)16-26(27,28)29/h5,7-10,15,19H,4,6,11-14,16H2,1-3H3. The summed E-state index contributed by atoms with van der Waals surface area (Å²) in [5, 5.41) is 0. The van der Waals surface area contributed by atoms with E-state index in [1.165, 1.54) is 24.0 Å². The molecule has 2 aliphatic rings. The van der Waals surface area contributed by atoms with E-state index in [4.69, 9.17) is 9.47 Å². The number of amides is 2. The maximum Gasteiger partial charge on any atom is 0.401 e. The minimum absolute atomic E-state index is 0.221. The van der Waals surface area contributed by atoms with Gasteiger partial charge in [0.2, 0.25) is 0 Å². The van der Waals surface area contributed by atoms with Crippen molar-refractivity contribution in [2.45, 2.75) is 32.0 Å². The highest BCUT2D eigenvalue weighted by atomic mass is 19.4. The van der Waals surface area contributed by atoms with Gasteiger partial charge >= 0.3 is 6.18 Å². The molecule has 0 spiro atoms. The first kappa shape index (κ1) is 25.8. The lowest BCUT2D eigenvalue weighted by molar-refractivity contribution is -0.146. The van der Waals surface area contributed by atoms with E-state index in [1.54, 1.807) is 30.3 Å². The van der Waals surface area contributed by atoms with E-state index >= 15 is 0 Å². The summed E-state index contributed by atoms with van der Waals surface area (Å²) in [6.07, 6.45) is -2.95. The summed E-state index contributed by atoms with van der Waals surface area (Å²) in [6.45, 7) is 2.14. The summed E-state index contributed by atoms with van der Waals surface area (Å²) in [7, 11) is 3.06. The van der Waals surface area contributed by atoms with Crippen LogP contribution in [-0.4, -0.2) is 74.7 Å². The molecular weight excluding hydrogens is 475 g/mol. The first-order chi connectivity index (χ1) is 17.2. The third-order valence-electron chi connectivity index (χ3n) is 6.71. The normalized spacial score (nSPS) is 17.4. The van der Waals surface area contributed by atoms with Crippen LogP contribution in [0.3, 0.4) is 0 Å². The monoisotopic (exact) mass is 505 g/mol. The SMILES string of the molecule is CCCC(c1ccc(OC)c(OC)c1)N1C(=O)c2cccc(N3CCN(CC(F)(F)F)CC3)c2C1=O. The second kappa shape index (κ2) is 10.4. The molecule has 2 heterocycles. The topological polar surface area (TPSA) is 62.3 Å². The van der Waals surface area contributed by atoms with Gasteiger partial charge in [-0.15, -0.1) is 0 Å². The third-order valence-corrected chi connectivity index (χ3v) is 6.71. The van der Waals surface area contributed by atoms with Gasteiger partial charge in [0.25, 0.3) is 11.8 Å². The van der Waals surface area contributed by atoms with E-state index in [1.807, 2.05) is 17.9 Å². The molecule has 2 aromatic carbocycles. The number of piperazine rings is 1. The smallest absolute Gasteiger partial charge is 0.401 e. The van der Waals surface area contributed by atoms with Gasteiger partial charge in [-0.2, -0.15) is 13.2 Å². The van der Waals surface area contributed by atoms with Crippen LogP contribution in [-0.2, 0) is 0 Å². The Morgan fingerprint density at radius 2 is 1.64 bits per heavy atom. The Bertz CT molecular complexity index is 1130. The van der Waals surface area contributed by atoms with Gasteiger partial charge < -0.3 is 14.4 Å². The molecule has 2 amide bonds. The highest BCUT2D eigenvalue weighted by Crippen LogP contribution is 2.40. The van der Waals surface area contributed by atoms with Crippen LogP contribution < -0.4 is 14.4 Å². The summed E-state index contributed by atoms with van der Waals surface area (Å²) in [4.78, 5) is 31.8. The number of benzene rings is 2. The maximum absolute atomic E-state index is 13.8. The lowest BCUT2D eigenvalue weighted by Gasteiger charge is -2.37. The summed E-state index contributed by atoms with van der Waals surface area (Å²) < 4.78 is 49.1. The van der Waals surface area contributed by atoms with E-state index in [9.17, 15) is 22.8 Å². The van der Waals surface area contributed by atoms with E-state index < -0.39 is 24.7 Å². The summed E-state index contributed by atoms with van der Waals surface area (Å²) in [6, 6.07) is 9.97. The Balaban J connectivity index is 1.63. The van der Waals surface area contributed by atoms with Crippen molar-refractivity contribution in [2.24, 2.45) is 0 Å². The van der Waals surface area contributed by atoms with E-state index in [2.05, 4.69) is 0 Å². The summed E-state index contributed by atoms with van der Waals surface area (Å²) >= 11 is 0. The molecule has 1 unspecified atom stereocenters. The summed E-state index contributed by atoms with van der Waals surface area (Å²) in [5.74, 6) is 0.285. The van der Waals surface area contributed by atoms with Crippen molar-refractivity contribution >= 4 is 17.5 Å². The van der Waals surface area contributed by atoms with Crippen LogP contribution in [0.4, 0.5) is 18.9 Å². The molecular formula is C26H30F3N3O4.